The first-order chi connectivity index (χ1) is 16.4. The number of furan rings is 1. The molecular formula is C25H24N4O4S. The zero-order valence-electron chi connectivity index (χ0n) is 18.5. The Morgan fingerprint density at radius 1 is 1.09 bits per heavy atom. The number of sulfonamides is 1. The van der Waals surface area contributed by atoms with Crippen LogP contribution in [0.15, 0.2) is 101 Å². The van der Waals surface area contributed by atoms with Crippen LogP contribution in [0, 0.1) is 0 Å². The van der Waals surface area contributed by atoms with Crippen molar-refractivity contribution in [1.29, 1.82) is 0 Å². The second kappa shape index (κ2) is 10.3. The number of carbonyl (C=O) groups excluding carboxylic acids is 1. The fourth-order valence-electron chi connectivity index (χ4n) is 3.23. The van der Waals surface area contributed by atoms with Crippen molar-refractivity contribution in [3.63, 3.8) is 0 Å². The minimum absolute atomic E-state index is 0.0715. The van der Waals surface area contributed by atoms with Crippen molar-refractivity contribution in [3.05, 3.63) is 108 Å². The first kappa shape index (κ1) is 23.2. The highest BCUT2D eigenvalue weighted by Gasteiger charge is 2.14. The average molecular weight is 477 g/mol. The maximum atomic E-state index is 12.5. The van der Waals surface area contributed by atoms with Gasteiger partial charge in [-0.2, -0.15) is 5.10 Å². The molecule has 4 rings (SSSR count). The van der Waals surface area contributed by atoms with E-state index in [1.165, 1.54) is 24.5 Å². The van der Waals surface area contributed by atoms with Gasteiger partial charge < -0.3 is 9.32 Å². The minimum atomic E-state index is -3.67. The van der Waals surface area contributed by atoms with E-state index in [1.54, 1.807) is 53.2 Å². The van der Waals surface area contributed by atoms with Gasteiger partial charge in [0.2, 0.25) is 15.9 Å². The maximum absolute atomic E-state index is 12.5. The van der Waals surface area contributed by atoms with Crippen LogP contribution in [0.25, 0.3) is 11.8 Å². The van der Waals surface area contributed by atoms with E-state index in [9.17, 15) is 13.2 Å². The number of benzene rings is 2. The van der Waals surface area contributed by atoms with Crippen molar-refractivity contribution < 1.29 is 17.6 Å². The molecule has 0 fully saturated rings. The molecule has 0 saturated heterocycles. The van der Waals surface area contributed by atoms with Crippen molar-refractivity contribution in [2.45, 2.75) is 18.0 Å². The summed E-state index contributed by atoms with van der Waals surface area (Å²) in [6.07, 6.45) is 8.22. The predicted octanol–water partition coefficient (Wildman–Crippen LogP) is 3.62. The van der Waals surface area contributed by atoms with Crippen LogP contribution in [0.3, 0.4) is 0 Å². The highest BCUT2D eigenvalue weighted by Crippen LogP contribution is 2.14. The molecule has 2 heterocycles. The van der Waals surface area contributed by atoms with Crippen molar-refractivity contribution in [2.24, 2.45) is 0 Å². The molecule has 4 aromatic rings. The van der Waals surface area contributed by atoms with Crippen LogP contribution in [0.5, 0.6) is 0 Å². The van der Waals surface area contributed by atoms with Gasteiger partial charge in [-0.25, -0.2) is 17.8 Å². The van der Waals surface area contributed by atoms with E-state index >= 15 is 0 Å². The number of nitrogens with zero attached hydrogens (tertiary/aromatic N) is 3. The van der Waals surface area contributed by atoms with Crippen molar-refractivity contribution in [3.8, 4) is 5.69 Å². The zero-order chi connectivity index (χ0) is 24.0. The lowest BCUT2D eigenvalue weighted by atomic mass is 10.2. The SMILES string of the molecule is CN(Cc1cnn(-c2ccccc2)c1)C(=O)C=Cc1ccc(S(=O)(=O)NCc2ccco2)cc1. The second-order valence-corrected chi connectivity index (χ2v) is 9.40. The number of rotatable bonds is 9. The Kier molecular flexibility index (Phi) is 7.05. The Bertz CT molecular complexity index is 1360. The fourth-order valence-corrected chi connectivity index (χ4v) is 4.22. The lowest BCUT2D eigenvalue weighted by Gasteiger charge is -2.13. The molecule has 2 aromatic heterocycles. The molecule has 0 bridgehead atoms. The Labute approximate surface area is 198 Å². The van der Waals surface area contributed by atoms with Gasteiger partial charge in [0.1, 0.15) is 5.76 Å². The molecule has 174 valence electrons. The van der Waals surface area contributed by atoms with E-state index in [0.29, 0.717) is 17.9 Å². The molecule has 2 aromatic carbocycles. The van der Waals surface area contributed by atoms with E-state index in [0.717, 1.165) is 11.3 Å². The Balaban J connectivity index is 1.33. The molecular weight excluding hydrogens is 452 g/mol. The summed E-state index contributed by atoms with van der Waals surface area (Å²) in [7, 11) is -1.95. The van der Waals surface area contributed by atoms with Crippen LogP contribution in [0.2, 0.25) is 0 Å². The summed E-state index contributed by atoms with van der Waals surface area (Å²) in [6.45, 7) is 0.483. The maximum Gasteiger partial charge on any atom is 0.246 e. The summed E-state index contributed by atoms with van der Waals surface area (Å²) in [5.74, 6) is 0.349. The van der Waals surface area contributed by atoms with Gasteiger partial charge in [-0.3, -0.25) is 4.79 Å². The topological polar surface area (TPSA) is 97.4 Å². The number of carbonyl (C=O) groups is 1. The normalized spacial score (nSPS) is 11.7. The first-order valence-electron chi connectivity index (χ1n) is 10.5. The molecule has 0 aliphatic heterocycles. The third-order valence-electron chi connectivity index (χ3n) is 5.08. The van der Waals surface area contributed by atoms with Crippen LogP contribution in [0.4, 0.5) is 0 Å². The number of likely N-dealkylation sites (N-methyl/N-ethyl adjacent to an activating group) is 1. The molecule has 0 saturated carbocycles. The van der Waals surface area contributed by atoms with Crippen molar-refractivity contribution in [2.75, 3.05) is 7.05 Å². The van der Waals surface area contributed by atoms with Crippen LogP contribution in [0.1, 0.15) is 16.9 Å². The molecule has 0 spiro atoms. The summed E-state index contributed by atoms with van der Waals surface area (Å²) in [5, 5.41) is 4.35. The second-order valence-electron chi connectivity index (χ2n) is 7.63. The molecule has 1 N–H and O–H groups in total. The van der Waals surface area contributed by atoms with E-state index in [1.807, 2.05) is 36.5 Å². The number of nitrogens with one attached hydrogen (secondary N) is 1. The number of hydrogen-bond acceptors (Lipinski definition) is 5. The summed E-state index contributed by atoms with van der Waals surface area (Å²) in [4.78, 5) is 14.2. The van der Waals surface area contributed by atoms with Gasteiger partial charge in [0.15, 0.2) is 0 Å². The molecule has 0 aliphatic rings. The van der Waals surface area contributed by atoms with Gasteiger partial charge in [-0.05, 0) is 48.0 Å². The Hall–Kier alpha value is -3.95. The first-order valence-corrected chi connectivity index (χ1v) is 12.0. The van der Waals surface area contributed by atoms with E-state index in [2.05, 4.69) is 9.82 Å². The summed E-state index contributed by atoms with van der Waals surface area (Å²) in [5.41, 5.74) is 2.57. The molecule has 9 heteroatoms. The molecule has 0 unspecified atom stereocenters. The lowest BCUT2D eigenvalue weighted by molar-refractivity contribution is -0.125. The Morgan fingerprint density at radius 2 is 1.85 bits per heavy atom. The van der Waals surface area contributed by atoms with Crippen LogP contribution < -0.4 is 4.72 Å². The average Bonchev–Trinajstić information content (AvgIpc) is 3.54. The molecule has 0 atom stereocenters. The van der Waals surface area contributed by atoms with Crippen LogP contribution in [-0.4, -0.2) is 36.1 Å². The largest absolute Gasteiger partial charge is 0.468 e. The highest BCUT2D eigenvalue weighted by molar-refractivity contribution is 7.89. The number of hydrogen-bond donors (Lipinski definition) is 1. The van der Waals surface area contributed by atoms with E-state index in [4.69, 9.17) is 4.42 Å². The quantitative estimate of drug-likeness (QED) is 0.372. The molecule has 1 amide bonds. The number of para-hydroxylation sites is 1. The van der Waals surface area contributed by atoms with E-state index < -0.39 is 10.0 Å². The third-order valence-corrected chi connectivity index (χ3v) is 6.50. The fraction of sp³-hybridized carbons (Fsp3) is 0.120. The van der Waals surface area contributed by atoms with Gasteiger partial charge in [-0.15, -0.1) is 0 Å². The zero-order valence-corrected chi connectivity index (χ0v) is 19.4. The van der Waals surface area contributed by atoms with Crippen LogP contribution >= 0.6 is 0 Å². The molecule has 0 radical (unpaired) electrons. The molecule has 8 nitrogen and oxygen atoms in total. The third kappa shape index (κ3) is 5.89. The van der Waals surface area contributed by atoms with Crippen LogP contribution in [-0.2, 0) is 27.9 Å². The summed E-state index contributed by atoms with van der Waals surface area (Å²) in [6, 6.07) is 19.4. The van der Waals surface area contributed by atoms with Crippen molar-refractivity contribution in [1.82, 2.24) is 19.4 Å². The van der Waals surface area contributed by atoms with Gasteiger partial charge in [0.05, 0.1) is 29.6 Å². The van der Waals surface area contributed by atoms with Gasteiger partial charge in [0, 0.05) is 31.4 Å². The van der Waals surface area contributed by atoms with E-state index in [-0.39, 0.29) is 17.3 Å². The Morgan fingerprint density at radius 3 is 2.56 bits per heavy atom. The minimum Gasteiger partial charge on any atom is -0.468 e. The predicted molar refractivity (Wildman–Crippen MR) is 128 cm³/mol. The number of aromatic nitrogens is 2. The standard InChI is InChI=1S/C25H24N4O4S/c1-28(18-21-16-26-29(19-21)22-6-3-2-4-7-22)25(30)14-11-20-9-12-24(13-10-20)34(31,32)27-17-23-8-5-15-33-23/h2-16,19,27H,17-18H2,1H3. The molecule has 34 heavy (non-hydrogen) atoms. The smallest absolute Gasteiger partial charge is 0.246 e. The molecule has 0 aliphatic carbocycles. The van der Waals surface area contributed by atoms with Gasteiger partial charge in [-0.1, -0.05) is 30.3 Å². The van der Waals surface area contributed by atoms with Crippen molar-refractivity contribution >= 4 is 22.0 Å². The number of amides is 1. The summed E-state index contributed by atoms with van der Waals surface area (Å²) >= 11 is 0. The highest BCUT2D eigenvalue weighted by atomic mass is 32.2. The summed E-state index contributed by atoms with van der Waals surface area (Å²) < 4.78 is 34.2. The lowest BCUT2D eigenvalue weighted by Crippen LogP contribution is -2.23. The van der Waals surface area contributed by atoms with Gasteiger partial charge >= 0.3 is 0 Å². The monoisotopic (exact) mass is 476 g/mol. The van der Waals surface area contributed by atoms with Gasteiger partial charge in [0.25, 0.3) is 0 Å².